The molecule has 0 aliphatic carbocycles. The molecule has 0 saturated heterocycles. The van der Waals surface area contributed by atoms with Crippen molar-refractivity contribution in [3.05, 3.63) is 41.5 Å². The monoisotopic (exact) mass is 283 g/mol. The second kappa shape index (κ2) is 5.18. The molecule has 5 heteroatoms. The molecule has 2 N–H and O–H groups in total. The van der Waals surface area contributed by atoms with Gasteiger partial charge in [0, 0.05) is 29.7 Å². The zero-order valence-electron chi connectivity index (χ0n) is 12.1. The summed E-state index contributed by atoms with van der Waals surface area (Å²) in [5, 5.41) is 7.34. The smallest absolute Gasteiger partial charge is 0.258 e. The number of hydrogen-bond acceptors (Lipinski definition) is 4. The van der Waals surface area contributed by atoms with Gasteiger partial charge in [0.05, 0.1) is 5.56 Å². The van der Waals surface area contributed by atoms with Crippen molar-refractivity contribution in [3.63, 3.8) is 0 Å². The largest absolute Gasteiger partial charge is 0.384 e. The fourth-order valence-corrected chi connectivity index (χ4v) is 2.56. The second-order valence-corrected chi connectivity index (χ2v) is 5.44. The number of carbonyl (C=O) groups excluding carboxylic acids is 2. The molecule has 0 aromatic heterocycles. The van der Waals surface area contributed by atoms with Gasteiger partial charge >= 0.3 is 0 Å². The van der Waals surface area contributed by atoms with E-state index in [0.717, 1.165) is 29.5 Å². The zero-order valence-corrected chi connectivity index (χ0v) is 12.1. The standard InChI is InChI=1S/C16H17N3O2/c1-19(2)7-6-17-11-8-10-4-3-5-12-14(10)13(9-11)16(21)18-15(12)20/h3-5,8-9,17H,6-7H2,1-2H3,(H,18,20,21). The van der Waals surface area contributed by atoms with Gasteiger partial charge in [-0.1, -0.05) is 12.1 Å². The maximum atomic E-state index is 12.0. The molecule has 3 rings (SSSR count). The van der Waals surface area contributed by atoms with Crippen molar-refractivity contribution >= 4 is 28.3 Å². The van der Waals surface area contributed by atoms with Gasteiger partial charge in [-0.15, -0.1) is 0 Å². The van der Waals surface area contributed by atoms with Gasteiger partial charge in [-0.2, -0.15) is 0 Å². The summed E-state index contributed by atoms with van der Waals surface area (Å²) in [6.07, 6.45) is 0. The number of nitrogens with zero attached hydrogens (tertiary/aromatic N) is 1. The van der Waals surface area contributed by atoms with Gasteiger partial charge in [0.25, 0.3) is 11.8 Å². The number of imide groups is 1. The quantitative estimate of drug-likeness (QED) is 0.838. The normalized spacial score (nSPS) is 13.7. The molecule has 21 heavy (non-hydrogen) atoms. The van der Waals surface area contributed by atoms with E-state index in [9.17, 15) is 9.59 Å². The Morgan fingerprint density at radius 2 is 1.86 bits per heavy atom. The van der Waals surface area contributed by atoms with Gasteiger partial charge in [0.15, 0.2) is 0 Å². The van der Waals surface area contributed by atoms with Crippen molar-refractivity contribution in [3.8, 4) is 0 Å². The van der Waals surface area contributed by atoms with Crippen LogP contribution in [0.2, 0.25) is 0 Å². The number of anilines is 1. The molecule has 108 valence electrons. The van der Waals surface area contributed by atoms with E-state index >= 15 is 0 Å². The van der Waals surface area contributed by atoms with E-state index in [0.29, 0.717) is 11.1 Å². The molecule has 2 aromatic rings. The lowest BCUT2D eigenvalue weighted by Gasteiger charge is -2.18. The van der Waals surface area contributed by atoms with Gasteiger partial charge in [-0.3, -0.25) is 14.9 Å². The first-order valence-corrected chi connectivity index (χ1v) is 6.87. The zero-order chi connectivity index (χ0) is 15.0. The molecule has 2 amide bonds. The van der Waals surface area contributed by atoms with Crippen LogP contribution in [0.5, 0.6) is 0 Å². The van der Waals surface area contributed by atoms with Crippen molar-refractivity contribution in [2.24, 2.45) is 0 Å². The van der Waals surface area contributed by atoms with E-state index in [1.54, 1.807) is 6.07 Å². The van der Waals surface area contributed by atoms with Crippen LogP contribution >= 0.6 is 0 Å². The number of likely N-dealkylation sites (N-methyl/N-ethyl adjacent to an activating group) is 1. The predicted octanol–water partition coefficient (Wildman–Crippen LogP) is 1.70. The molecule has 0 atom stereocenters. The fraction of sp³-hybridized carbons (Fsp3) is 0.250. The van der Waals surface area contributed by atoms with Gasteiger partial charge in [0.2, 0.25) is 0 Å². The molecule has 5 nitrogen and oxygen atoms in total. The molecule has 1 aliphatic rings. The third-order valence-electron chi connectivity index (χ3n) is 3.58. The molecule has 0 radical (unpaired) electrons. The number of nitrogens with one attached hydrogen (secondary N) is 2. The summed E-state index contributed by atoms with van der Waals surface area (Å²) in [6, 6.07) is 9.28. The number of carbonyl (C=O) groups is 2. The van der Waals surface area contributed by atoms with Crippen LogP contribution in [0.25, 0.3) is 10.8 Å². The van der Waals surface area contributed by atoms with E-state index in [1.165, 1.54) is 0 Å². The Kier molecular flexibility index (Phi) is 3.35. The second-order valence-electron chi connectivity index (χ2n) is 5.44. The highest BCUT2D eigenvalue weighted by molar-refractivity contribution is 6.26. The Balaban J connectivity index is 2.04. The Morgan fingerprint density at radius 3 is 2.62 bits per heavy atom. The van der Waals surface area contributed by atoms with Crippen LogP contribution in [0.1, 0.15) is 20.7 Å². The summed E-state index contributed by atoms with van der Waals surface area (Å²) in [5.74, 6) is -0.661. The molecular weight excluding hydrogens is 266 g/mol. The Hall–Kier alpha value is -2.40. The van der Waals surface area contributed by atoms with Crippen molar-refractivity contribution < 1.29 is 9.59 Å². The Morgan fingerprint density at radius 1 is 1.10 bits per heavy atom. The minimum atomic E-state index is -0.333. The van der Waals surface area contributed by atoms with Crippen LogP contribution < -0.4 is 10.6 Å². The molecule has 1 heterocycles. The topological polar surface area (TPSA) is 61.4 Å². The summed E-state index contributed by atoms with van der Waals surface area (Å²) in [5.41, 5.74) is 2.00. The first-order valence-electron chi connectivity index (χ1n) is 6.87. The Labute approximate surface area is 122 Å². The van der Waals surface area contributed by atoms with Gasteiger partial charge in [-0.05, 0) is 37.7 Å². The van der Waals surface area contributed by atoms with E-state index in [4.69, 9.17) is 0 Å². The lowest BCUT2D eigenvalue weighted by Crippen LogP contribution is -2.34. The third kappa shape index (κ3) is 2.48. The molecule has 0 spiro atoms. The lowest BCUT2D eigenvalue weighted by molar-refractivity contribution is 0.0845. The van der Waals surface area contributed by atoms with E-state index in [-0.39, 0.29) is 11.8 Å². The van der Waals surface area contributed by atoms with Crippen molar-refractivity contribution in [2.45, 2.75) is 0 Å². The predicted molar refractivity (Wildman–Crippen MR) is 82.8 cm³/mol. The molecule has 0 bridgehead atoms. The third-order valence-corrected chi connectivity index (χ3v) is 3.58. The number of rotatable bonds is 4. The maximum absolute atomic E-state index is 12.0. The van der Waals surface area contributed by atoms with Gasteiger partial charge < -0.3 is 10.2 Å². The maximum Gasteiger partial charge on any atom is 0.258 e. The van der Waals surface area contributed by atoms with Gasteiger partial charge in [0.1, 0.15) is 0 Å². The van der Waals surface area contributed by atoms with Crippen LogP contribution in [0.3, 0.4) is 0 Å². The highest BCUT2D eigenvalue weighted by atomic mass is 16.2. The van der Waals surface area contributed by atoms with Crippen LogP contribution in [-0.2, 0) is 0 Å². The van der Waals surface area contributed by atoms with E-state index < -0.39 is 0 Å². The van der Waals surface area contributed by atoms with E-state index in [2.05, 4.69) is 15.5 Å². The van der Waals surface area contributed by atoms with Crippen molar-refractivity contribution in [2.75, 3.05) is 32.5 Å². The summed E-state index contributed by atoms with van der Waals surface area (Å²) in [4.78, 5) is 26.0. The van der Waals surface area contributed by atoms with Crippen LogP contribution in [0.15, 0.2) is 30.3 Å². The first-order chi connectivity index (χ1) is 10.1. The SMILES string of the molecule is CN(C)CCNc1cc2c3c(cccc3c1)C(=O)NC2=O. The summed E-state index contributed by atoms with van der Waals surface area (Å²) >= 11 is 0. The number of amides is 2. The minimum Gasteiger partial charge on any atom is -0.384 e. The molecule has 1 aliphatic heterocycles. The molecule has 0 fully saturated rings. The van der Waals surface area contributed by atoms with Crippen LogP contribution in [0.4, 0.5) is 5.69 Å². The van der Waals surface area contributed by atoms with Crippen molar-refractivity contribution in [1.82, 2.24) is 10.2 Å². The molecular formula is C16H17N3O2. The van der Waals surface area contributed by atoms with Crippen LogP contribution in [0, 0.1) is 0 Å². The van der Waals surface area contributed by atoms with Crippen LogP contribution in [-0.4, -0.2) is 43.9 Å². The minimum absolute atomic E-state index is 0.327. The summed E-state index contributed by atoms with van der Waals surface area (Å²) in [6.45, 7) is 1.69. The Bertz CT molecular complexity index is 738. The number of hydrogen-bond donors (Lipinski definition) is 2. The highest BCUT2D eigenvalue weighted by Gasteiger charge is 2.25. The molecule has 0 saturated carbocycles. The summed E-state index contributed by atoms with van der Waals surface area (Å²) < 4.78 is 0. The lowest BCUT2D eigenvalue weighted by atomic mass is 9.94. The number of benzene rings is 2. The molecule has 0 unspecified atom stereocenters. The first kappa shape index (κ1) is 13.6. The van der Waals surface area contributed by atoms with E-state index in [1.807, 2.05) is 38.4 Å². The average Bonchev–Trinajstić information content (AvgIpc) is 2.44. The average molecular weight is 283 g/mol. The van der Waals surface area contributed by atoms with Crippen molar-refractivity contribution in [1.29, 1.82) is 0 Å². The fourth-order valence-electron chi connectivity index (χ4n) is 2.56. The molecule has 2 aromatic carbocycles. The highest BCUT2D eigenvalue weighted by Crippen LogP contribution is 2.29. The van der Waals surface area contributed by atoms with Gasteiger partial charge in [-0.25, -0.2) is 0 Å². The summed E-state index contributed by atoms with van der Waals surface area (Å²) in [7, 11) is 4.02.